The Labute approximate surface area is 116 Å². The Morgan fingerprint density at radius 3 is 2.15 bits per heavy atom. The Morgan fingerprint density at radius 1 is 1.05 bits per heavy atom. The molecule has 0 aliphatic carbocycles. The first-order valence-electron chi connectivity index (χ1n) is 5.72. The van der Waals surface area contributed by atoms with Crippen molar-refractivity contribution in [2.75, 3.05) is 11.0 Å². The van der Waals surface area contributed by atoms with Crippen LogP contribution in [-0.2, 0) is 10.0 Å². The number of hydrogen-bond acceptors (Lipinski definition) is 3. The third-order valence-corrected chi connectivity index (χ3v) is 3.24. The molecular weight excluding hydrogens is 281 g/mol. The molecule has 0 heterocycles. The predicted octanol–water partition coefficient (Wildman–Crippen LogP) is 2.68. The van der Waals surface area contributed by atoms with E-state index < -0.39 is 15.8 Å². The lowest BCUT2D eigenvalue weighted by Crippen LogP contribution is -2.10. The van der Waals surface area contributed by atoms with Gasteiger partial charge in [0.05, 0.1) is 11.9 Å². The number of sulfonamides is 1. The van der Waals surface area contributed by atoms with Crippen LogP contribution in [-0.4, -0.2) is 21.0 Å². The fourth-order valence-corrected chi connectivity index (χ4v) is 2.30. The van der Waals surface area contributed by atoms with Gasteiger partial charge >= 0.3 is 0 Å². The molecule has 0 aliphatic rings. The smallest absolute Gasteiger partial charge is 0.229 e. The second-order valence-corrected chi connectivity index (χ2v) is 6.06. The van der Waals surface area contributed by atoms with Gasteiger partial charge in [0, 0.05) is 5.56 Å². The highest BCUT2D eigenvalue weighted by molar-refractivity contribution is 7.92. The van der Waals surface area contributed by atoms with Crippen molar-refractivity contribution in [1.82, 2.24) is 0 Å². The van der Waals surface area contributed by atoms with E-state index in [1.54, 1.807) is 30.3 Å². The van der Waals surface area contributed by atoms with E-state index in [1.807, 2.05) is 0 Å². The SMILES string of the molecule is CS(=O)(=O)Nc1ccc(-c2ccc(C=O)cc2)cc1F. The first kappa shape index (κ1) is 14.2. The van der Waals surface area contributed by atoms with Gasteiger partial charge in [0.1, 0.15) is 12.1 Å². The van der Waals surface area contributed by atoms with Gasteiger partial charge in [0.15, 0.2) is 0 Å². The molecule has 0 spiro atoms. The minimum atomic E-state index is -3.52. The number of carbonyl (C=O) groups is 1. The fourth-order valence-electron chi connectivity index (χ4n) is 1.73. The van der Waals surface area contributed by atoms with Crippen molar-refractivity contribution < 1.29 is 17.6 Å². The largest absolute Gasteiger partial charge is 0.298 e. The quantitative estimate of drug-likeness (QED) is 0.881. The zero-order chi connectivity index (χ0) is 14.8. The van der Waals surface area contributed by atoms with Crippen molar-refractivity contribution in [2.45, 2.75) is 0 Å². The molecule has 0 saturated carbocycles. The third-order valence-electron chi connectivity index (χ3n) is 2.64. The molecule has 0 atom stereocenters. The molecule has 0 amide bonds. The van der Waals surface area contributed by atoms with E-state index in [9.17, 15) is 17.6 Å². The predicted molar refractivity (Wildman–Crippen MR) is 75.7 cm³/mol. The van der Waals surface area contributed by atoms with Gasteiger partial charge in [-0.1, -0.05) is 30.3 Å². The second kappa shape index (κ2) is 5.42. The summed E-state index contributed by atoms with van der Waals surface area (Å²) >= 11 is 0. The highest BCUT2D eigenvalue weighted by Gasteiger charge is 2.09. The first-order chi connectivity index (χ1) is 9.39. The molecule has 0 radical (unpaired) electrons. The zero-order valence-corrected chi connectivity index (χ0v) is 11.4. The molecular formula is C14H12FNO3S. The van der Waals surface area contributed by atoms with Crippen LogP contribution in [0.15, 0.2) is 42.5 Å². The van der Waals surface area contributed by atoms with Crippen LogP contribution < -0.4 is 4.72 Å². The number of nitrogens with one attached hydrogen (secondary N) is 1. The van der Waals surface area contributed by atoms with E-state index >= 15 is 0 Å². The molecule has 2 rings (SSSR count). The van der Waals surface area contributed by atoms with Crippen LogP contribution in [0.1, 0.15) is 10.4 Å². The first-order valence-corrected chi connectivity index (χ1v) is 7.61. The van der Waals surface area contributed by atoms with E-state index in [-0.39, 0.29) is 5.69 Å². The van der Waals surface area contributed by atoms with Crippen molar-refractivity contribution in [3.8, 4) is 11.1 Å². The average molecular weight is 293 g/mol. The van der Waals surface area contributed by atoms with E-state index in [0.717, 1.165) is 18.1 Å². The Bertz CT molecular complexity index is 740. The molecule has 1 N–H and O–H groups in total. The van der Waals surface area contributed by atoms with Crippen LogP contribution in [0.2, 0.25) is 0 Å². The number of rotatable bonds is 4. The van der Waals surface area contributed by atoms with Crippen molar-refractivity contribution in [1.29, 1.82) is 0 Å². The summed E-state index contributed by atoms with van der Waals surface area (Å²) in [5.41, 5.74) is 1.77. The molecule has 2 aromatic rings. The van der Waals surface area contributed by atoms with Crippen molar-refractivity contribution in [2.24, 2.45) is 0 Å². The normalized spacial score (nSPS) is 11.1. The van der Waals surface area contributed by atoms with Gasteiger partial charge < -0.3 is 0 Å². The molecule has 2 aromatic carbocycles. The van der Waals surface area contributed by atoms with Crippen LogP contribution >= 0.6 is 0 Å². The van der Waals surface area contributed by atoms with Gasteiger partial charge in [0.25, 0.3) is 0 Å². The average Bonchev–Trinajstić information content (AvgIpc) is 2.40. The van der Waals surface area contributed by atoms with E-state index in [4.69, 9.17) is 0 Å². The summed E-state index contributed by atoms with van der Waals surface area (Å²) in [6.07, 6.45) is 1.68. The summed E-state index contributed by atoms with van der Waals surface area (Å²) in [4.78, 5) is 10.6. The molecule has 0 bridgehead atoms. The second-order valence-electron chi connectivity index (χ2n) is 4.31. The standard InChI is InChI=1S/C14H12FNO3S/c1-20(18,19)16-14-7-6-12(8-13(14)15)11-4-2-10(9-17)3-5-11/h2-9,16H,1H3. The van der Waals surface area contributed by atoms with Gasteiger partial charge in [-0.3, -0.25) is 9.52 Å². The number of halogens is 1. The van der Waals surface area contributed by atoms with Crippen LogP contribution in [0.4, 0.5) is 10.1 Å². The summed E-state index contributed by atoms with van der Waals surface area (Å²) < 4.78 is 38.1. The van der Waals surface area contributed by atoms with Crippen molar-refractivity contribution >= 4 is 22.0 Å². The van der Waals surface area contributed by atoms with Crippen LogP contribution in [0, 0.1) is 5.82 Å². The molecule has 0 saturated heterocycles. The summed E-state index contributed by atoms with van der Waals surface area (Å²) in [6.45, 7) is 0. The zero-order valence-electron chi connectivity index (χ0n) is 10.6. The number of benzene rings is 2. The van der Waals surface area contributed by atoms with Crippen molar-refractivity contribution in [3.63, 3.8) is 0 Å². The Balaban J connectivity index is 2.34. The Kier molecular flexibility index (Phi) is 3.85. The third kappa shape index (κ3) is 3.42. The highest BCUT2D eigenvalue weighted by atomic mass is 32.2. The van der Waals surface area contributed by atoms with Crippen molar-refractivity contribution in [3.05, 3.63) is 53.8 Å². The number of carbonyl (C=O) groups excluding carboxylic acids is 1. The number of anilines is 1. The monoisotopic (exact) mass is 293 g/mol. The molecule has 0 aromatic heterocycles. The van der Waals surface area contributed by atoms with Crippen LogP contribution in [0.5, 0.6) is 0 Å². The topological polar surface area (TPSA) is 63.2 Å². The molecule has 0 unspecified atom stereocenters. The van der Waals surface area contributed by atoms with Gasteiger partial charge in [-0.15, -0.1) is 0 Å². The van der Waals surface area contributed by atoms with Crippen LogP contribution in [0.25, 0.3) is 11.1 Å². The van der Waals surface area contributed by atoms with Crippen LogP contribution in [0.3, 0.4) is 0 Å². The summed E-state index contributed by atoms with van der Waals surface area (Å²) in [5, 5.41) is 0. The van der Waals surface area contributed by atoms with Gasteiger partial charge in [-0.25, -0.2) is 12.8 Å². The molecule has 0 fully saturated rings. The highest BCUT2D eigenvalue weighted by Crippen LogP contribution is 2.25. The van der Waals surface area contributed by atoms with E-state index in [0.29, 0.717) is 11.1 Å². The lowest BCUT2D eigenvalue weighted by atomic mass is 10.0. The van der Waals surface area contributed by atoms with E-state index in [2.05, 4.69) is 4.72 Å². The number of aldehydes is 1. The Hall–Kier alpha value is -2.21. The number of hydrogen-bond donors (Lipinski definition) is 1. The van der Waals surface area contributed by atoms with Gasteiger partial charge in [0.2, 0.25) is 10.0 Å². The molecule has 6 heteroatoms. The lowest BCUT2D eigenvalue weighted by Gasteiger charge is -2.08. The summed E-state index contributed by atoms with van der Waals surface area (Å²) in [6, 6.07) is 10.9. The molecule has 0 aliphatic heterocycles. The molecule has 104 valence electrons. The fraction of sp³-hybridized carbons (Fsp3) is 0.0714. The van der Waals surface area contributed by atoms with Gasteiger partial charge in [-0.05, 0) is 23.3 Å². The maximum atomic E-state index is 13.8. The van der Waals surface area contributed by atoms with E-state index in [1.165, 1.54) is 12.1 Å². The summed E-state index contributed by atoms with van der Waals surface area (Å²) in [7, 11) is -3.52. The molecule has 4 nitrogen and oxygen atoms in total. The molecule has 20 heavy (non-hydrogen) atoms. The Morgan fingerprint density at radius 2 is 1.65 bits per heavy atom. The maximum Gasteiger partial charge on any atom is 0.229 e. The minimum absolute atomic E-state index is 0.0965. The minimum Gasteiger partial charge on any atom is -0.298 e. The lowest BCUT2D eigenvalue weighted by molar-refractivity contribution is 0.112. The maximum absolute atomic E-state index is 13.8. The summed E-state index contributed by atoms with van der Waals surface area (Å²) in [5.74, 6) is -0.660. The van der Waals surface area contributed by atoms with Gasteiger partial charge in [-0.2, -0.15) is 0 Å².